The molecule has 3 rings (SSSR count). The predicted octanol–water partition coefficient (Wildman–Crippen LogP) is 2.20. The first-order valence-electron chi connectivity index (χ1n) is 7.98. The Balaban J connectivity index is 1.88. The van der Waals surface area contributed by atoms with Crippen molar-refractivity contribution in [1.82, 2.24) is 9.97 Å². The van der Waals surface area contributed by atoms with Crippen LogP contribution < -0.4 is 10.5 Å². The average molecular weight is 369 g/mol. The zero-order chi connectivity index (χ0) is 19.4. The number of aliphatic hydroxyl groups is 2. The van der Waals surface area contributed by atoms with E-state index < -0.39 is 18.6 Å². The monoisotopic (exact) mass is 369 g/mol. The summed E-state index contributed by atoms with van der Waals surface area (Å²) < 4.78 is 18.6. The lowest BCUT2D eigenvalue weighted by molar-refractivity contribution is 0.0909. The van der Waals surface area contributed by atoms with E-state index in [2.05, 4.69) is 9.97 Å². The van der Waals surface area contributed by atoms with E-state index in [-0.39, 0.29) is 17.3 Å². The maximum Gasteiger partial charge on any atom is 0.286 e. The number of aliphatic hydroxyl groups excluding tert-OH is 2. The number of benzene rings is 2. The topological polar surface area (TPSA) is 119 Å². The maximum atomic E-state index is 12.9. The summed E-state index contributed by atoms with van der Waals surface area (Å²) in [6.45, 7) is -0.556. The van der Waals surface area contributed by atoms with E-state index >= 15 is 0 Å². The Bertz CT molecular complexity index is 946. The molecule has 138 valence electrons. The van der Waals surface area contributed by atoms with E-state index in [1.807, 2.05) is 0 Å². The highest BCUT2D eigenvalue weighted by atomic mass is 19.1. The lowest BCUT2D eigenvalue weighted by atomic mass is 10.1. The molecule has 0 aliphatic heterocycles. The number of carbonyl (C=O) groups is 1. The van der Waals surface area contributed by atoms with Gasteiger partial charge in [-0.2, -0.15) is 0 Å². The maximum absolute atomic E-state index is 12.9. The van der Waals surface area contributed by atoms with Gasteiger partial charge in [-0.3, -0.25) is 4.79 Å². The number of hydrogen-bond donors (Lipinski definition) is 3. The molecule has 1 heterocycles. The molecule has 0 fully saturated rings. The number of primary amides is 1. The van der Waals surface area contributed by atoms with Gasteiger partial charge in [0.25, 0.3) is 5.91 Å². The quantitative estimate of drug-likeness (QED) is 0.613. The third-order valence-electron chi connectivity index (χ3n) is 3.68. The number of hydrogen-bond acceptors (Lipinski definition) is 6. The van der Waals surface area contributed by atoms with Gasteiger partial charge in [-0.25, -0.2) is 14.4 Å². The molecule has 8 heteroatoms. The second-order valence-electron chi connectivity index (χ2n) is 5.64. The van der Waals surface area contributed by atoms with Gasteiger partial charge in [-0.05, 0) is 54.6 Å². The van der Waals surface area contributed by atoms with Crippen LogP contribution in [0.1, 0.15) is 22.4 Å². The third kappa shape index (κ3) is 4.43. The Morgan fingerprint density at radius 1 is 1.07 bits per heavy atom. The highest BCUT2D eigenvalue weighted by Crippen LogP contribution is 2.26. The highest BCUT2D eigenvalue weighted by molar-refractivity contribution is 5.89. The van der Waals surface area contributed by atoms with Crippen molar-refractivity contribution in [2.45, 2.75) is 6.10 Å². The first kappa shape index (κ1) is 18.4. The Morgan fingerprint density at radius 2 is 1.67 bits per heavy atom. The van der Waals surface area contributed by atoms with Crippen molar-refractivity contribution in [2.24, 2.45) is 5.73 Å². The molecule has 4 N–H and O–H groups in total. The number of ether oxygens (including phenoxy) is 1. The van der Waals surface area contributed by atoms with Crippen molar-refractivity contribution < 1.29 is 24.1 Å². The minimum Gasteiger partial charge on any atom is -0.457 e. The van der Waals surface area contributed by atoms with Crippen LogP contribution in [0.4, 0.5) is 4.39 Å². The molecule has 0 radical (unpaired) electrons. The van der Waals surface area contributed by atoms with Crippen LogP contribution in [0.15, 0.2) is 54.6 Å². The number of nitrogens with zero attached hydrogens (tertiary/aromatic N) is 2. The van der Waals surface area contributed by atoms with Crippen LogP contribution in [-0.2, 0) is 0 Å². The van der Waals surface area contributed by atoms with Crippen LogP contribution in [-0.4, -0.2) is 32.7 Å². The van der Waals surface area contributed by atoms with E-state index in [0.717, 1.165) is 0 Å². The smallest absolute Gasteiger partial charge is 0.286 e. The SMILES string of the molecule is NC(=O)c1nc(-c2ccc(Oc3ccc(F)cc3)cc2)cc([C@H](O)CO)n1. The molecule has 27 heavy (non-hydrogen) atoms. The molecule has 0 unspecified atom stereocenters. The van der Waals surface area contributed by atoms with Gasteiger partial charge in [0.05, 0.1) is 18.0 Å². The molecule has 2 aromatic carbocycles. The summed E-state index contributed by atoms with van der Waals surface area (Å²) in [5.41, 5.74) is 6.30. The van der Waals surface area contributed by atoms with Crippen LogP contribution >= 0.6 is 0 Å². The van der Waals surface area contributed by atoms with Gasteiger partial charge >= 0.3 is 0 Å². The van der Waals surface area contributed by atoms with Gasteiger partial charge in [0.2, 0.25) is 5.82 Å². The molecule has 0 aliphatic rings. The number of nitrogens with two attached hydrogens (primary N) is 1. The van der Waals surface area contributed by atoms with Crippen molar-refractivity contribution in [3.05, 3.63) is 71.9 Å². The summed E-state index contributed by atoms with van der Waals surface area (Å²) in [6.07, 6.45) is -1.26. The molecule has 1 amide bonds. The van der Waals surface area contributed by atoms with E-state index in [1.165, 1.54) is 30.3 Å². The number of amides is 1. The minimum atomic E-state index is -1.26. The van der Waals surface area contributed by atoms with Gasteiger partial charge in [0, 0.05) is 5.56 Å². The van der Waals surface area contributed by atoms with Crippen molar-refractivity contribution in [3.63, 3.8) is 0 Å². The van der Waals surface area contributed by atoms with Crippen LogP contribution in [0.5, 0.6) is 11.5 Å². The Hall–Kier alpha value is -3.36. The van der Waals surface area contributed by atoms with E-state index in [9.17, 15) is 14.3 Å². The number of halogens is 1. The molecule has 1 atom stereocenters. The fourth-order valence-electron chi connectivity index (χ4n) is 2.32. The van der Waals surface area contributed by atoms with Gasteiger partial charge in [-0.1, -0.05) is 0 Å². The fourth-order valence-corrected chi connectivity index (χ4v) is 2.32. The zero-order valence-corrected chi connectivity index (χ0v) is 14.0. The van der Waals surface area contributed by atoms with Gasteiger partial charge in [0.15, 0.2) is 0 Å². The summed E-state index contributed by atoms with van der Waals surface area (Å²) in [5, 5.41) is 18.9. The summed E-state index contributed by atoms with van der Waals surface area (Å²) in [4.78, 5) is 19.4. The molecule has 3 aromatic rings. The Labute approximate surface area is 153 Å². The largest absolute Gasteiger partial charge is 0.457 e. The first-order chi connectivity index (χ1) is 13.0. The Kier molecular flexibility index (Phi) is 5.39. The van der Waals surface area contributed by atoms with Gasteiger partial charge < -0.3 is 20.7 Å². The minimum absolute atomic E-state index is 0.0861. The normalized spacial score (nSPS) is 11.8. The average Bonchev–Trinajstić information content (AvgIpc) is 2.69. The standard InChI is InChI=1S/C19H16FN3O4/c20-12-3-7-14(8-4-12)27-13-5-1-11(2-6-13)15-9-16(17(25)10-24)23-19(22-15)18(21)26/h1-9,17,24-25H,10H2,(H2,21,26)/t17-/m1/s1. The molecule has 0 aliphatic carbocycles. The fraction of sp³-hybridized carbons (Fsp3) is 0.105. The first-order valence-corrected chi connectivity index (χ1v) is 7.98. The van der Waals surface area contributed by atoms with Crippen LogP contribution in [0.3, 0.4) is 0 Å². The summed E-state index contributed by atoms with van der Waals surface area (Å²) in [5.74, 6) is -0.463. The second kappa shape index (κ2) is 7.90. The van der Waals surface area contributed by atoms with Crippen molar-refractivity contribution in [1.29, 1.82) is 0 Å². The third-order valence-corrected chi connectivity index (χ3v) is 3.68. The molecule has 0 saturated heterocycles. The van der Waals surface area contributed by atoms with E-state index in [0.29, 0.717) is 22.8 Å². The molecule has 7 nitrogen and oxygen atoms in total. The zero-order valence-electron chi connectivity index (χ0n) is 14.0. The van der Waals surface area contributed by atoms with E-state index in [4.69, 9.17) is 15.6 Å². The van der Waals surface area contributed by atoms with Crippen LogP contribution in [0.2, 0.25) is 0 Å². The molecule has 0 spiro atoms. The molecule has 0 bridgehead atoms. The number of aromatic nitrogens is 2. The molecular formula is C19H16FN3O4. The van der Waals surface area contributed by atoms with Crippen molar-refractivity contribution >= 4 is 5.91 Å². The summed E-state index contributed by atoms with van der Waals surface area (Å²) >= 11 is 0. The lowest BCUT2D eigenvalue weighted by Crippen LogP contribution is -2.18. The molecule has 1 aromatic heterocycles. The predicted molar refractivity (Wildman–Crippen MR) is 94.5 cm³/mol. The molecular weight excluding hydrogens is 353 g/mol. The number of rotatable bonds is 6. The Morgan fingerprint density at radius 3 is 2.22 bits per heavy atom. The van der Waals surface area contributed by atoms with Crippen molar-refractivity contribution in [2.75, 3.05) is 6.61 Å². The second-order valence-corrected chi connectivity index (χ2v) is 5.64. The van der Waals surface area contributed by atoms with Crippen LogP contribution in [0, 0.1) is 5.82 Å². The van der Waals surface area contributed by atoms with E-state index in [1.54, 1.807) is 24.3 Å². The van der Waals surface area contributed by atoms with Crippen LogP contribution in [0.25, 0.3) is 11.3 Å². The molecule has 0 saturated carbocycles. The number of carbonyl (C=O) groups excluding carboxylic acids is 1. The summed E-state index contributed by atoms with van der Waals surface area (Å²) in [6, 6.07) is 13.8. The highest BCUT2D eigenvalue weighted by Gasteiger charge is 2.15. The van der Waals surface area contributed by atoms with Crippen molar-refractivity contribution in [3.8, 4) is 22.8 Å². The van der Waals surface area contributed by atoms with Gasteiger partial charge in [-0.15, -0.1) is 0 Å². The summed E-state index contributed by atoms with van der Waals surface area (Å²) in [7, 11) is 0. The van der Waals surface area contributed by atoms with Gasteiger partial charge in [0.1, 0.15) is 23.4 Å². The lowest BCUT2D eigenvalue weighted by Gasteiger charge is -2.11.